The summed E-state index contributed by atoms with van der Waals surface area (Å²) < 4.78 is 0. The zero-order chi connectivity index (χ0) is 16.6. The van der Waals surface area contributed by atoms with Gasteiger partial charge in [0, 0.05) is 0 Å². The third-order valence-corrected chi connectivity index (χ3v) is 4.21. The fraction of sp³-hybridized carbons (Fsp3) is 0.143. The molecule has 0 amide bonds. The van der Waals surface area contributed by atoms with E-state index in [9.17, 15) is 20.4 Å². The van der Waals surface area contributed by atoms with Crippen molar-refractivity contribution >= 4 is 46.4 Å². The molecule has 0 radical (unpaired) electrons. The molecule has 8 heteroatoms. The van der Waals surface area contributed by atoms with Crippen molar-refractivity contribution < 1.29 is 20.4 Å². The van der Waals surface area contributed by atoms with Crippen molar-refractivity contribution in [3.63, 3.8) is 0 Å². The molecule has 0 aliphatic rings. The van der Waals surface area contributed by atoms with Gasteiger partial charge in [-0.1, -0.05) is 46.4 Å². The molecule has 2 atom stereocenters. The standard InChI is InChI=1S/C14H10Cl4O4/c15-7-1-5(2-8(16)13(7)21)11(19)12(20)6-3-9(17)14(22)10(18)4-6/h1-4,11-12,19-22H. The molecule has 0 aromatic heterocycles. The van der Waals surface area contributed by atoms with Gasteiger partial charge in [-0.3, -0.25) is 0 Å². The quantitative estimate of drug-likeness (QED) is 0.629. The first kappa shape index (κ1) is 17.5. The lowest BCUT2D eigenvalue weighted by Gasteiger charge is -2.20. The maximum absolute atomic E-state index is 10.2. The minimum absolute atomic E-state index is 0.0597. The van der Waals surface area contributed by atoms with E-state index in [1.165, 1.54) is 24.3 Å². The number of rotatable bonds is 3. The molecule has 0 spiro atoms. The Labute approximate surface area is 146 Å². The number of aliphatic hydroxyl groups is 2. The summed E-state index contributed by atoms with van der Waals surface area (Å²) >= 11 is 23.1. The summed E-state index contributed by atoms with van der Waals surface area (Å²) in [5.41, 5.74) is 0.390. The van der Waals surface area contributed by atoms with Gasteiger partial charge >= 0.3 is 0 Å². The summed E-state index contributed by atoms with van der Waals surface area (Å²) in [5.74, 6) is -0.631. The second kappa shape index (κ2) is 6.71. The molecular formula is C14H10Cl4O4. The van der Waals surface area contributed by atoms with Crippen LogP contribution in [0.4, 0.5) is 0 Å². The lowest BCUT2D eigenvalue weighted by molar-refractivity contribution is 0.0172. The highest BCUT2D eigenvalue weighted by Crippen LogP contribution is 2.40. The topological polar surface area (TPSA) is 80.9 Å². The van der Waals surface area contributed by atoms with Crippen LogP contribution in [0.15, 0.2) is 24.3 Å². The number of halogens is 4. The minimum Gasteiger partial charge on any atom is -0.505 e. The van der Waals surface area contributed by atoms with Gasteiger partial charge in [-0.2, -0.15) is 0 Å². The number of hydrogen-bond donors (Lipinski definition) is 4. The Balaban J connectivity index is 2.39. The smallest absolute Gasteiger partial charge is 0.152 e. The average Bonchev–Trinajstić information content (AvgIpc) is 2.47. The summed E-state index contributed by atoms with van der Waals surface area (Å²) in [5, 5.41) is 39.2. The molecule has 2 aromatic rings. The predicted octanol–water partition coefficient (Wildman–Crippen LogP) is 4.48. The number of phenolic OH excluding ortho intramolecular Hbond substituents is 2. The fourth-order valence-electron chi connectivity index (χ4n) is 1.88. The molecule has 4 N–H and O–H groups in total. The van der Waals surface area contributed by atoms with Crippen LogP contribution in [-0.2, 0) is 0 Å². The molecule has 0 bridgehead atoms. The van der Waals surface area contributed by atoms with E-state index in [2.05, 4.69) is 0 Å². The first-order valence-corrected chi connectivity index (χ1v) is 7.45. The molecule has 0 aliphatic carbocycles. The van der Waals surface area contributed by atoms with Gasteiger partial charge in [-0.15, -0.1) is 0 Å². The molecule has 4 nitrogen and oxygen atoms in total. The van der Waals surface area contributed by atoms with Crippen molar-refractivity contribution in [2.75, 3.05) is 0 Å². The lowest BCUT2D eigenvalue weighted by atomic mass is 9.98. The molecule has 0 heterocycles. The maximum Gasteiger partial charge on any atom is 0.152 e. The largest absolute Gasteiger partial charge is 0.505 e. The second-order valence-corrected chi connectivity index (χ2v) is 6.18. The van der Waals surface area contributed by atoms with Crippen molar-refractivity contribution in [2.45, 2.75) is 12.2 Å². The zero-order valence-corrected chi connectivity index (χ0v) is 13.8. The lowest BCUT2D eigenvalue weighted by Crippen LogP contribution is -2.10. The van der Waals surface area contributed by atoms with Crippen LogP contribution >= 0.6 is 46.4 Å². The van der Waals surface area contributed by atoms with Crippen LogP contribution in [0, 0.1) is 0 Å². The summed E-state index contributed by atoms with van der Waals surface area (Å²) in [4.78, 5) is 0. The molecule has 0 saturated heterocycles. The Morgan fingerprint density at radius 2 is 0.818 bits per heavy atom. The van der Waals surface area contributed by atoms with Crippen LogP contribution in [-0.4, -0.2) is 20.4 Å². The molecule has 22 heavy (non-hydrogen) atoms. The van der Waals surface area contributed by atoms with Crippen molar-refractivity contribution in [3.05, 3.63) is 55.5 Å². The number of phenols is 2. The van der Waals surface area contributed by atoms with Gasteiger partial charge in [0.2, 0.25) is 0 Å². The first-order valence-electron chi connectivity index (χ1n) is 5.94. The minimum atomic E-state index is -1.40. The van der Waals surface area contributed by atoms with E-state index in [1.807, 2.05) is 0 Å². The van der Waals surface area contributed by atoms with Gasteiger partial charge in [-0.25, -0.2) is 0 Å². The van der Waals surface area contributed by atoms with Crippen molar-refractivity contribution in [3.8, 4) is 11.5 Å². The molecular weight excluding hydrogens is 374 g/mol. The zero-order valence-electron chi connectivity index (χ0n) is 10.8. The molecule has 0 fully saturated rings. The Bertz CT molecular complexity index is 612. The number of benzene rings is 2. The SMILES string of the molecule is Oc1c(Cl)cc(C(O)C(O)c2cc(Cl)c(O)c(Cl)c2)cc1Cl. The van der Waals surface area contributed by atoms with Crippen LogP contribution in [0.2, 0.25) is 20.1 Å². The molecule has 0 saturated carbocycles. The molecule has 2 unspecified atom stereocenters. The Kier molecular flexibility index (Phi) is 5.33. The molecule has 2 aromatic carbocycles. The van der Waals surface area contributed by atoms with Gasteiger partial charge in [0.15, 0.2) is 11.5 Å². The number of aromatic hydroxyl groups is 2. The van der Waals surface area contributed by atoms with Crippen molar-refractivity contribution in [1.29, 1.82) is 0 Å². The monoisotopic (exact) mass is 382 g/mol. The van der Waals surface area contributed by atoms with Gasteiger partial charge in [0.25, 0.3) is 0 Å². The summed E-state index contributed by atoms with van der Waals surface area (Å²) in [7, 11) is 0. The molecule has 2 rings (SSSR count). The normalized spacial score (nSPS) is 13.9. The van der Waals surface area contributed by atoms with Crippen molar-refractivity contribution in [1.82, 2.24) is 0 Å². The highest BCUT2D eigenvalue weighted by Gasteiger charge is 2.24. The van der Waals surface area contributed by atoms with Gasteiger partial charge in [0.05, 0.1) is 20.1 Å². The molecule has 0 aliphatic heterocycles. The summed E-state index contributed by atoms with van der Waals surface area (Å²) in [6.07, 6.45) is -2.79. The van der Waals surface area contributed by atoms with E-state index in [4.69, 9.17) is 46.4 Å². The second-order valence-electron chi connectivity index (χ2n) is 4.56. The Morgan fingerprint density at radius 3 is 1.05 bits per heavy atom. The van der Waals surface area contributed by atoms with Crippen LogP contribution in [0.1, 0.15) is 23.3 Å². The summed E-state index contributed by atoms with van der Waals surface area (Å²) in [6.45, 7) is 0. The van der Waals surface area contributed by atoms with Gasteiger partial charge < -0.3 is 20.4 Å². The van der Waals surface area contributed by atoms with Crippen LogP contribution in [0.5, 0.6) is 11.5 Å². The van der Waals surface area contributed by atoms with E-state index in [1.54, 1.807) is 0 Å². The number of hydrogen-bond acceptors (Lipinski definition) is 4. The third-order valence-electron chi connectivity index (χ3n) is 3.06. The average molecular weight is 384 g/mol. The Morgan fingerprint density at radius 1 is 0.591 bits per heavy atom. The van der Waals surface area contributed by atoms with Crippen LogP contribution in [0.3, 0.4) is 0 Å². The van der Waals surface area contributed by atoms with E-state index >= 15 is 0 Å². The highest BCUT2D eigenvalue weighted by molar-refractivity contribution is 6.37. The van der Waals surface area contributed by atoms with E-state index in [0.717, 1.165) is 0 Å². The van der Waals surface area contributed by atoms with E-state index in [-0.39, 0.29) is 42.7 Å². The first-order chi connectivity index (χ1) is 10.2. The third kappa shape index (κ3) is 3.38. The van der Waals surface area contributed by atoms with Gasteiger partial charge in [-0.05, 0) is 35.4 Å². The molecule has 118 valence electrons. The highest BCUT2D eigenvalue weighted by atomic mass is 35.5. The summed E-state index contributed by atoms with van der Waals surface area (Å²) in [6, 6.07) is 5.11. The van der Waals surface area contributed by atoms with Crippen LogP contribution < -0.4 is 0 Å². The van der Waals surface area contributed by atoms with E-state index < -0.39 is 12.2 Å². The van der Waals surface area contributed by atoms with Crippen LogP contribution in [0.25, 0.3) is 0 Å². The number of aliphatic hydroxyl groups excluding tert-OH is 2. The predicted molar refractivity (Wildman–Crippen MR) is 86.2 cm³/mol. The van der Waals surface area contributed by atoms with E-state index in [0.29, 0.717) is 0 Å². The maximum atomic E-state index is 10.2. The van der Waals surface area contributed by atoms with Crippen molar-refractivity contribution in [2.24, 2.45) is 0 Å². The Hall–Kier alpha value is -0.880. The van der Waals surface area contributed by atoms with Gasteiger partial charge in [0.1, 0.15) is 12.2 Å². The fourth-order valence-corrected chi connectivity index (χ4v) is 2.88.